The van der Waals surface area contributed by atoms with E-state index < -0.39 is 0 Å². The summed E-state index contributed by atoms with van der Waals surface area (Å²) < 4.78 is 0. The first-order valence-corrected chi connectivity index (χ1v) is 8.27. The topological polar surface area (TPSA) is 15.3 Å². The minimum Gasteiger partial charge on any atom is -0.308 e. The van der Waals surface area contributed by atoms with Gasteiger partial charge in [-0.25, -0.2) is 0 Å². The molecule has 0 saturated carbocycles. The van der Waals surface area contributed by atoms with Gasteiger partial charge < -0.3 is 5.32 Å². The molecule has 1 fully saturated rings. The van der Waals surface area contributed by atoms with E-state index in [0.29, 0.717) is 12.1 Å². The maximum absolute atomic E-state index is 3.67. The lowest BCUT2D eigenvalue weighted by atomic mass is 10.1. The highest BCUT2D eigenvalue weighted by Crippen LogP contribution is 2.30. The summed E-state index contributed by atoms with van der Waals surface area (Å²) in [6.45, 7) is 6.64. The van der Waals surface area contributed by atoms with Crippen LogP contribution < -0.4 is 5.32 Å². The first kappa shape index (κ1) is 13.4. The van der Waals surface area contributed by atoms with E-state index in [1.165, 1.54) is 27.8 Å². The number of nitrogens with one attached hydrogen (secondary N) is 1. The highest BCUT2D eigenvalue weighted by molar-refractivity contribution is 7.99. The van der Waals surface area contributed by atoms with Gasteiger partial charge in [-0.15, -0.1) is 11.3 Å². The standard InChI is InChI=1S/C13H22N2S2/c1-4-14-13(12-6-5-10(2)17-12)11-9-16-8-7-15(11)3/h5-6,11,13-14H,4,7-9H2,1-3H3. The molecule has 2 nitrogen and oxygen atoms in total. The molecule has 1 aliphatic heterocycles. The molecule has 1 aromatic heterocycles. The quantitative estimate of drug-likeness (QED) is 0.906. The lowest BCUT2D eigenvalue weighted by Crippen LogP contribution is -2.47. The summed E-state index contributed by atoms with van der Waals surface area (Å²) >= 11 is 4.02. The maximum Gasteiger partial charge on any atom is 0.0580 e. The van der Waals surface area contributed by atoms with E-state index in [-0.39, 0.29) is 0 Å². The lowest BCUT2D eigenvalue weighted by molar-refractivity contribution is 0.219. The number of nitrogens with zero attached hydrogens (tertiary/aromatic N) is 1. The van der Waals surface area contributed by atoms with Crippen LogP contribution in [0.25, 0.3) is 0 Å². The molecule has 1 N–H and O–H groups in total. The van der Waals surface area contributed by atoms with Crippen LogP contribution in [-0.2, 0) is 0 Å². The van der Waals surface area contributed by atoms with E-state index in [1.807, 2.05) is 11.3 Å². The molecule has 1 aliphatic rings. The van der Waals surface area contributed by atoms with Crippen molar-refractivity contribution >= 4 is 23.1 Å². The Labute approximate surface area is 113 Å². The van der Waals surface area contributed by atoms with Gasteiger partial charge in [-0.05, 0) is 32.6 Å². The van der Waals surface area contributed by atoms with E-state index >= 15 is 0 Å². The van der Waals surface area contributed by atoms with Crippen molar-refractivity contribution in [2.45, 2.75) is 25.9 Å². The van der Waals surface area contributed by atoms with Crippen LogP contribution in [0, 0.1) is 6.92 Å². The first-order valence-electron chi connectivity index (χ1n) is 6.30. The van der Waals surface area contributed by atoms with E-state index in [0.717, 1.165) is 6.54 Å². The van der Waals surface area contributed by atoms with Gasteiger partial charge in [-0.1, -0.05) is 6.92 Å². The van der Waals surface area contributed by atoms with E-state index in [9.17, 15) is 0 Å². The van der Waals surface area contributed by atoms with E-state index in [4.69, 9.17) is 0 Å². The molecule has 96 valence electrons. The average molecular weight is 270 g/mol. The summed E-state index contributed by atoms with van der Waals surface area (Å²) in [6.07, 6.45) is 0. The second-order valence-corrected chi connectivity index (χ2v) is 7.08. The van der Waals surface area contributed by atoms with Gasteiger partial charge in [0.25, 0.3) is 0 Å². The molecule has 2 unspecified atom stereocenters. The van der Waals surface area contributed by atoms with Gasteiger partial charge >= 0.3 is 0 Å². The summed E-state index contributed by atoms with van der Waals surface area (Å²) in [4.78, 5) is 5.41. The summed E-state index contributed by atoms with van der Waals surface area (Å²) in [5, 5.41) is 3.67. The predicted molar refractivity (Wildman–Crippen MR) is 79.2 cm³/mol. The Morgan fingerprint density at radius 3 is 2.94 bits per heavy atom. The number of thiophene rings is 1. The summed E-state index contributed by atoms with van der Waals surface area (Å²) in [5.74, 6) is 2.51. The molecule has 2 rings (SSSR count). The third-order valence-electron chi connectivity index (χ3n) is 3.32. The van der Waals surface area contributed by atoms with Crippen LogP contribution in [0.15, 0.2) is 12.1 Å². The average Bonchev–Trinajstić information content (AvgIpc) is 2.74. The number of aryl methyl sites for hydroxylation is 1. The molecule has 1 saturated heterocycles. The summed E-state index contributed by atoms with van der Waals surface area (Å²) in [7, 11) is 2.26. The Bertz CT molecular complexity index is 351. The molecule has 0 aliphatic carbocycles. The zero-order chi connectivity index (χ0) is 12.3. The largest absolute Gasteiger partial charge is 0.308 e. The van der Waals surface area contributed by atoms with Crippen molar-refractivity contribution in [1.29, 1.82) is 0 Å². The zero-order valence-electron chi connectivity index (χ0n) is 10.9. The molecular weight excluding hydrogens is 248 g/mol. The Balaban J connectivity index is 2.15. The Morgan fingerprint density at radius 1 is 1.53 bits per heavy atom. The second kappa shape index (κ2) is 6.23. The third kappa shape index (κ3) is 3.25. The molecule has 17 heavy (non-hydrogen) atoms. The van der Waals surface area contributed by atoms with Gasteiger partial charge in [-0.2, -0.15) is 11.8 Å². The number of hydrogen-bond donors (Lipinski definition) is 1. The van der Waals surface area contributed by atoms with Crippen molar-refractivity contribution < 1.29 is 0 Å². The molecule has 2 atom stereocenters. The summed E-state index contributed by atoms with van der Waals surface area (Å²) in [5.41, 5.74) is 0. The van der Waals surface area contributed by atoms with Gasteiger partial charge in [0.1, 0.15) is 0 Å². The minimum absolute atomic E-state index is 0.497. The molecular formula is C13H22N2S2. The number of rotatable bonds is 4. The van der Waals surface area contributed by atoms with E-state index in [2.05, 4.69) is 55.0 Å². The van der Waals surface area contributed by atoms with Crippen molar-refractivity contribution in [3.63, 3.8) is 0 Å². The molecule has 0 bridgehead atoms. The van der Waals surface area contributed by atoms with Gasteiger partial charge in [0.15, 0.2) is 0 Å². The van der Waals surface area contributed by atoms with Crippen LogP contribution in [0.5, 0.6) is 0 Å². The summed E-state index contributed by atoms with van der Waals surface area (Å²) in [6, 6.07) is 5.66. The van der Waals surface area contributed by atoms with E-state index in [1.54, 1.807) is 0 Å². The van der Waals surface area contributed by atoms with Crippen LogP contribution in [-0.4, -0.2) is 42.6 Å². The first-order chi connectivity index (χ1) is 8.22. The van der Waals surface area contributed by atoms with Crippen LogP contribution in [0.3, 0.4) is 0 Å². The van der Waals surface area contributed by atoms with Crippen LogP contribution in [0.4, 0.5) is 0 Å². The van der Waals surface area contributed by atoms with Crippen LogP contribution >= 0.6 is 23.1 Å². The fraction of sp³-hybridized carbons (Fsp3) is 0.692. The molecule has 0 aromatic carbocycles. The molecule has 2 heterocycles. The fourth-order valence-corrected chi connectivity index (χ4v) is 4.61. The zero-order valence-corrected chi connectivity index (χ0v) is 12.5. The SMILES string of the molecule is CCNC(c1ccc(C)s1)C1CSCCN1C. The monoisotopic (exact) mass is 270 g/mol. The fourth-order valence-electron chi connectivity index (χ4n) is 2.32. The lowest BCUT2D eigenvalue weighted by Gasteiger charge is -2.37. The Kier molecular flexibility index (Phi) is 4.91. The number of likely N-dealkylation sites (N-methyl/N-ethyl adjacent to an activating group) is 2. The highest BCUT2D eigenvalue weighted by atomic mass is 32.2. The third-order valence-corrected chi connectivity index (χ3v) is 5.45. The van der Waals surface area contributed by atoms with Gasteiger partial charge in [0.05, 0.1) is 6.04 Å². The normalized spacial score (nSPS) is 23.8. The van der Waals surface area contributed by atoms with Crippen molar-refractivity contribution in [2.24, 2.45) is 0 Å². The van der Waals surface area contributed by atoms with Crippen molar-refractivity contribution in [3.05, 3.63) is 21.9 Å². The molecule has 1 aromatic rings. The van der Waals surface area contributed by atoms with Crippen molar-refractivity contribution in [2.75, 3.05) is 31.6 Å². The molecule has 0 radical (unpaired) electrons. The number of hydrogen-bond acceptors (Lipinski definition) is 4. The minimum atomic E-state index is 0.497. The number of thioether (sulfide) groups is 1. The van der Waals surface area contributed by atoms with Gasteiger partial charge in [-0.3, -0.25) is 4.90 Å². The molecule has 4 heteroatoms. The van der Waals surface area contributed by atoms with Gasteiger partial charge in [0, 0.05) is 33.8 Å². The van der Waals surface area contributed by atoms with Crippen LogP contribution in [0.2, 0.25) is 0 Å². The highest BCUT2D eigenvalue weighted by Gasteiger charge is 2.29. The van der Waals surface area contributed by atoms with Crippen molar-refractivity contribution in [3.8, 4) is 0 Å². The molecule has 0 amide bonds. The smallest absolute Gasteiger partial charge is 0.0580 e. The molecule has 0 spiro atoms. The maximum atomic E-state index is 3.67. The van der Waals surface area contributed by atoms with Crippen LogP contribution in [0.1, 0.15) is 22.7 Å². The van der Waals surface area contributed by atoms with Gasteiger partial charge in [0.2, 0.25) is 0 Å². The Hall–Kier alpha value is -0.0300. The Morgan fingerprint density at radius 2 is 2.35 bits per heavy atom. The predicted octanol–water partition coefficient (Wildman–Crippen LogP) is 2.75. The van der Waals surface area contributed by atoms with Crippen molar-refractivity contribution in [1.82, 2.24) is 10.2 Å². The second-order valence-electron chi connectivity index (χ2n) is 4.61.